The molecule has 0 saturated heterocycles. The molecule has 1 amide bonds. The Morgan fingerprint density at radius 3 is 2.73 bits per heavy atom. The predicted molar refractivity (Wildman–Crippen MR) is 65.2 cm³/mol. The van der Waals surface area contributed by atoms with E-state index in [0.717, 1.165) is 3.79 Å². The molecule has 0 bridgehead atoms. The van der Waals surface area contributed by atoms with Gasteiger partial charge in [-0.3, -0.25) is 4.79 Å². The van der Waals surface area contributed by atoms with Gasteiger partial charge in [0.05, 0.1) is 14.8 Å². The first-order chi connectivity index (χ1) is 6.99. The molecule has 1 rings (SSSR count). The lowest BCUT2D eigenvalue weighted by Gasteiger charge is -2.14. The summed E-state index contributed by atoms with van der Waals surface area (Å²) in [7, 11) is 0. The van der Waals surface area contributed by atoms with Crippen molar-refractivity contribution < 1.29 is 9.90 Å². The summed E-state index contributed by atoms with van der Waals surface area (Å²) < 4.78 is 0.941. The number of carbonyl (C=O) groups is 1. The average Bonchev–Trinajstić information content (AvgIpc) is 2.49. The average molecular weight is 292 g/mol. The largest absolute Gasteiger partial charge is 0.393 e. The zero-order valence-corrected chi connectivity index (χ0v) is 11.1. The Labute approximate surface area is 102 Å². The van der Waals surface area contributed by atoms with E-state index in [1.54, 1.807) is 13.0 Å². The van der Waals surface area contributed by atoms with Crippen LogP contribution in [0.1, 0.15) is 29.9 Å². The standard InChI is InChI=1S/C10H14BrNO2S/c1-6(5-7(2)13)12-10(14)8-3-4-9(11)15-8/h3-4,6-7,13H,5H2,1-2H3,(H,12,14). The molecule has 2 unspecified atom stereocenters. The fourth-order valence-electron chi connectivity index (χ4n) is 1.30. The summed E-state index contributed by atoms with van der Waals surface area (Å²) in [6.07, 6.45) is 0.175. The highest BCUT2D eigenvalue weighted by Gasteiger charge is 2.12. The van der Waals surface area contributed by atoms with Crippen LogP contribution in [-0.2, 0) is 0 Å². The monoisotopic (exact) mass is 291 g/mol. The predicted octanol–water partition coefficient (Wildman–Crippen LogP) is 2.40. The molecule has 0 aromatic carbocycles. The van der Waals surface area contributed by atoms with Gasteiger partial charge >= 0.3 is 0 Å². The van der Waals surface area contributed by atoms with Gasteiger partial charge in [0, 0.05) is 6.04 Å². The van der Waals surface area contributed by atoms with Crippen molar-refractivity contribution in [2.45, 2.75) is 32.4 Å². The van der Waals surface area contributed by atoms with Gasteiger partial charge in [0.25, 0.3) is 5.91 Å². The molecule has 2 N–H and O–H groups in total. The Kier molecular flexibility index (Phi) is 4.76. The van der Waals surface area contributed by atoms with Crippen LogP contribution in [0.4, 0.5) is 0 Å². The number of hydrogen-bond donors (Lipinski definition) is 2. The van der Waals surface area contributed by atoms with Crippen LogP contribution in [0.5, 0.6) is 0 Å². The number of carbonyl (C=O) groups excluding carboxylic acids is 1. The van der Waals surface area contributed by atoms with E-state index in [4.69, 9.17) is 5.11 Å². The third-order valence-electron chi connectivity index (χ3n) is 1.87. The van der Waals surface area contributed by atoms with E-state index in [-0.39, 0.29) is 11.9 Å². The van der Waals surface area contributed by atoms with Crippen molar-refractivity contribution >= 4 is 33.2 Å². The summed E-state index contributed by atoms with van der Waals surface area (Å²) >= 11 is 4.70. The molecule has 0 radical (unpaired) electrons. The van der Waals surface area contributed by atoms with Gasteiger partial charge in [-0.25, -0.2) is 0 Å². The number of halogens is 1. The first-order valence-electron chi connectivity index (χ1n) is 4.73. The van der Waals surface area contributed by atoms with Gasteiger partial charge in [-0.15, -0.1) is 11.3 Å². The third kappa shape index (κ3) is 4.32. The van der Waals surface area contributed by atoms with Crippen molar-refractivity contribution in [3.63, 3.8) is 0 Å². The quantitative estimate of drug-likeness (QED) is 0.895. The number of thiophene rings is 1. The molecule has 0 fully saturated rings. The normalized spacial score (nSPS) is 14.7. The van der Waals surface area contributed by atoms with Crippen LogP contribution in [0.25, 0.3) is 0 Å². The second kappa shape index (κ2) is 5.63. The van der Waals surface area contributed by atoms with Crippen LogP contribution in [0, 0.1) is 0 Å². The van der Waals surface area contributed by atoms with Crippen LogP contribution >= 0.6 is 27.3 Å². The van der Waals surface area contributed by atoms with Crippen molar-refractivity contribution in [3.05, 3.63) is 20.8 Å². The number of aliphatic hydroxyl groups excluding tert-OH is 1. The molecule has 3 nitrogen and oxygen atoms in total. The van der Waals surface area contributed by atoms with Gasteiger partial charge in [-0.1, -0.05) is 0 Å². The zero-order valence-electron chi connectivity index (χ0n) is 8.66. The van der Waals surface area contributed by atoms with E-state index in [1.807, 2.05) is 13.0 Å². The highest BCUT2D eigenvalue weighted by molar-refractivity contribution is 9.11. The van der Waals surface area contributed by atoms with Crippen molar-refractivity contribution in [2.24, 2.45) is 0 Å². The number of aliphatic hydroxyl groups is 1. The lowest BCUT2D eigenvalue weighted by molar-refractivity contribution is 0.0927. The minimum atomic E-state index is -0.393. The first-order valence-corrected chi connectivity index (χ1v) is 6.34. The maximum atomic E-state index is 11.6. The molecule has 0 aliphatic heterocycles. The second-order valence-electron chi connectivity index (χ2n) is 3.56. The molecule has 0 aliphatic rings. The molecule has 0 saturated carbocycles. The van der Waals surface area contributed by atoms with Crippen LogP contribution in [-0.4, -0.2) is 23.2 Å². The van der Waals surface area contributed by atoms with E-state index < -0.39 is 6.10 Å². The molecule has 1 aromatic rings. The Balaban J connectivity index is 2.49. The smallest absolute Gasteiger partial charge is 0.261 e. The topological polar surface area (TPSA) is 49.3 Å². The Bertz CT molecular complexity index is 338. The first kappa shape index (κ1) is 12.7. The molecule has 0 aliphatic carbocycles. The van der Waals surface area contributed by atoms with E-state index in [9.17, 15) is 4.79 Å². The van der Waals surface area contributed by atoms with E-state index in [0.29, 0.717) is 11.3 Å². The Morgan fingerprint density at radius 2 is 2.27 bits per heavy atom. The van der Waals surface area contributed by atoms with Gasteiger partial charge < -0.3 is 10.4 Å². The summed E-state index contributed by atoms with van der Waals surface area (Å²) in [5.41, 5.74) is 0. The number of amides is 1. The van der Waals surface area contributed by atoms with Gasteiger partial charge in [0.1, 0.15) is 0 Å². The molecule has 2 atom stereocenters. The molecular formula is C10H14BrNO2S. The summed E-state index contributed by atoms with van der Waals surface area (Å²) in [6.45, 7) is 3.59. The third-order valence-corrected chi connectivity index (χ3v) is 3.49. The fraction of sp³-hybridized carbons (Fsp3) is 0.500. The zero-order chi connectivity index (χ0) is 11.4. The Morgan fingerprint density at radius 1 is 1.60 bits per heavy atom. The van der Waals surface area contributed by atoms with E-state index in [2.05, 4.69) is 21.2 Å². The molecular weight excluding hydrogens is 278 g/mol. The lowest BCUT2D eigenvalue weighted by Crippen LogP contribution is -2.34. The molecule has 1 heterocycles. The minimum Gasteiger partial charge on any atom is -0.393 e. The van der Waals surface area contributed by atoms with Crippen molar-refractivity contribution in [1.82, 2.24) is 5.32 Å². The molecule has 1 aromatic heterocycles. The maximum absolute atomic E-state index is 11.6. The fourth-order valence-corrected chi connectivity index (χ4v) is 2.59. The molecule has 5 heteroatoms. The number of nitrogens with one attached hydrogen (secondary N) is 1. The molecule has 0 spiro atoms. The summed E-state index contributed by atoms with van der Waals surface area (Å²) in [4.78, 5) is 12.3. The SMILES string of the molecule is CC(O)CC(C)NC(=O)c1ccc(Br)s1. The highest BCUT2D eigenvalue weighted by Crippen LogP contribution is 2.21. The van der Waals surface area contributed by atoms with Crippen LogP contribution in [0.15, 0.2) is 15.9 Å². The van der Waals surface area contributed by atoms with Gasteiger partial charge in [-0.05, 0) is 48.3 Å². The van der Waals surface area contributed by atoms with Crippen LogP contribution < -0.4 is 5.32 Å². The highest BCUT2D eigenvalue weighted by atomic mass is 79.9. The summed E-state index contributed by atoms with van der Waals surface area (Å²) in [6, 6.07) is 3.61. The van der Waals surface area contributed by atoms with E-state index >= 15 is 0 Å². The van der Waals surface area contributed by atoms with Crippen LogP contribution in [0.2, 0.25) is 0 Å². The van der Waals surface area contributed by atoms with Gasteiger partial charge in [0.2, 0.25) is 0 Å². The number of rotatable bonds is 4. The van der Waals surface area contributed by atoms with Crippen molar-refractivity contribution in [3.8, 4) is 0 Å². The van der Waals surface area contributed by atoms with Gasteiger partial charge in [-0.2, -0.15) is 0 Å². The minimum absolute atomic E-state index is 0.0154. The molecule has 15 heavy (non-hydrogen) atoms. The molecule has 84 valence electrons. The van der Waals surface area contributed by atoms with Crippen molar-refractivity contribution in [2.75, 3.05) is 0 Å². The summed E-state index contributed by atoms with van der Waals surface area (Å²) in [5, 5.41) is 12.0. The summed E-state index contributed by atoms with van der Waals surface area (Å²) in [5.74, 6) is -0.0844. The lowest BCUT2D eigenvalue weighted by atomic mass is 10.1. The maximum Gasteiger partial charge on any atom is 0.261 e. The van der Waals surface area contributed by atoms with E-state index in [1.165, 1.54) is 11.3 Å². The van der Waals surface area contributed by atoms with Crippen LogP contribution in [0.3, 0.4) is 0 Å². The number of hydrogen-bond acceptors (Lipinski definition) is 3. The Hall–Kier alpha value is -0.390. The second-order valence-corrected chi connectivity index (χ2v) is 6.03. The van der Waals surface area contributed by atoms with Crippen molar-refractivity contribution in [1.29, 1.82) is 0 Å². The van der Waals surface area contributed by atoms with Gasteiger partial charge in [0.15, 0.2) is 0 Å².